The average molecular weight is 273 g/mol. The highest BCUT2D eigenvalue weighted by Gasteiger charge is 2.34. The number of nitrogens with zero attached hydrogens (tertiary/aromatic N) is 3. The Morgan fingerprint density at radius 2 is 2.15 bits per heavy atom. The van der Waals surface area contributed by atoms with Crippen LogP contribution in [0, 0.1) is 23.7 Å². The summed E-state index contributed by atoms with van der Waals surface area (Å²) in [6.45, 7) is 4.68. The molecule has 20 heavy (non-hydrogen) atoms. The van der Waals surface area contributed by atoms with Crippen LogP contribution in [-0.4, -0.2) is 28.5 Å². The SMILES string of the molecule is Cc1ccc(C(=O)N2CCCC(C)(C#N)C2)c(=O)n1C. The zero-order chi connectivity index (χ0) is 14.9. The van der Waals surface area contributed by atoms with Gasteiger partial charge in [0.25, 0.3) is 11.5 Å². The lowest BCUT2D eigenvalue weighted by Crippen LogP contribution is -2.46. The smallest absolute Gasteiger partial charge is 0.263 e. The van der Waals surface area contributed by atoms with Gasteiger partial charge in [0, 0.05) is 25.8 Å². The first-order chi connectivity index (χ1) is 9.38. The summed E-state index contributed by atoms with van der Waals surface area (Å²) in [4.78, 5) is 26.3. The molecular weight excluding hydrogens is 254 g/mol. The standard InChI is InChI=1S/C15H19N3O2/c1-11-5-6-12(13(19)17(11)3)14(20)18-8-4-7-15(2,9-16)10-18/h5-6H,4,7-8,10H2,1-3H3. The van der Waals surface area contributed by atoms with E-state index in [9.17, 15) is 14.9 Å². The van der Waals surface area contributed by atoms with Crippen LogP contribution >= 0.6 is 0 Å². The van der Waals surface area contributed by atoms with E-state index in [1.807, 2.05) is 13.8 Å². The Labute approximate surface area is 118 Å². The molecule has 1 amide bonds. The zero-order valence-electron chi connectivity index (χ0n) is 12.1. The van der Waals surface area contributed by atoms with Gasteiger partial charge in [0.2, 0.25) is 0 Å². The molecule has 0 aromatic carbocycles. The monoisotopic (exact) mass is 273 g/mol. The Balaban J connectivity index is 2.31. The van der Waals surface area contributed by atoms with Crippen molar-refractivity contribution in [3.05, 3.63) is 33.7 Å². The summed E-state index contributed by atoms with van der Waals surface area (Å²) in [5.41, 5.74) is 0.204. The summed E-state index contributed by atoms with van der Waals surface area (Å²) in [7, 11) is 1.66. The number of amides is 1. The van der Waals surface area contributed by atoms with Crippen molar-refractivity contribution in [1.82, 2.24) is 9.47 Å². The number of aryl methyl sites for hydroxylation is 1. The number of pyridine rings is 1. The van der Waals surface area contributed by atoms with E-state index in [4.69, 9.17) is 0 Å². The average Bonchev–Trinajstić information content (AvgIpc) is 2.44. The fourth-order valence-electron chi connectivity index (χ4n) is 2.57. The number of likely N-dealkylation sites (tertiary alicyclic amines) is 1. The number of piperidine rings is 1. The van der Waals surface area contributed by atoms with Crippen molar-refractivity contribution in [3.63, 3.8) is 0 Å². The summed E-state index contributed by atoms with van der Waals surface area (Å²) in [5.74, 6) is -0.272. The topological polar surface area (TPSA) is 66.1 Å². The second-order valence-electron chi connectivity index (χ2n) is 5.76. The van der Waals surface area contributed by atoms with E-state index in [2.05, 4.69) is 6.07 Å². The van der Waals surface area contributed by atoms with Crippen LogP contribution in [0.5, 0.6) is 0 Å². The van der Waals surface area contributed by atoms with E-state index in [1.165, 1.54) is 4.57 Å². The van der Waals surface area contributed by atoms with E-state index < -0.39 is 5.41 Å². The molecule has 2 rings (SSSR count). The van der Waals surface area contributed by atoms with Gasteiger partial charge in [-0.15, -0.1) is 0 Å². The molecule has 5 heteroatoms. The second-order valence-corrected chi connectivity index (χ2v) is 5.76. The Hall–Kier alpha value is -2.09. The quantitative estimate of drug-likeness (QED) is 0.778. The van der Waals surface area contributed by atoms with Crippen LogP contribution in [0.3, 0.4) is 0 Å². The van der Waals surface area contributed by atoms with Gasteiger partial charge >= 0.3 is 0 Å². The molecule has 1 unspecified atom stereocenters. The van der Waals surface area contributed by atoms with Gasteiger partial charge in [0.1, 0.15) is 5.56 Å². The van der Waals surface area contributed by atoms with Crippen LogP contribution in [0.4, 0.5) is 0 Å². The molecule has 1 fully saturated rings. The molecule has 0 aliphatic carbocycles. The number of nitriles is 1. The first-order valence-electron chi connectivity index (χ1n) is 6.75. The van der Waals surface area contributed by atoms with Crippen LogP contribution in [0.2, 0.25) is 0 Å². The first kappa shape index (κ1) is 14.3. The highest BCUT2D eigenvalue weighted by Crippen LogP contribution is 2.28. The van der Waals surface area contributed by atoms with Crippen molar-refractivity contribution in [3.8, 4) is 6.07 Å². The van der Waals surface area contributed by atoms with Crippen molar-refractivity contribution < 1.29 is 4.79 Å². The maximum Gasteiger partial charge on any atom is 0.263 e. The summed E-state index contributed by atoms with van der Waals surface area (Å²) in [6, 6.07) is 5.62. The van der Waals surface area contributed by atoms with E-state index >= 15 is 0 Å². The van der Waals surface area contributed by atoms with Crippen molar-refractivity contribution in [2.75, 3.05) is 13.1 Å². The third-order valence-electron chi connectivity index (χ3n) is 4.04. The molecule has 2 heterocycles. The van der Waals surface area contributed by atoms with Gasteiger partial charge in [0.15, 0.2) is 0 Å². The van der Waals surface area contributed by atoms with Crippen LogP contribution in [0.15, 0.2) is 16.9 Å². The zero-order valence-corrected chi connectivity index (χ0v) is 12.1. The lowest BCUT2D eigenvalue weighted by atomic mass is 9.83. The summed E-state index contributed by atoms with van der Waals surface area (Å²) in [5, 5.41) is 9.20. The Bertz CT molecular complexity index is 641. The molecule has 0 bridgehead atoms. The lowest BCUT2D eigenvalue weighted by Gasteiger charge is -2.35. The van der Waals surface area contributed by atoms with Gasteiger partial charge in [-0.25, -0.2) is 0 Å². The summed E-state index contributed by atoms with van der Waals surface area (Å²) >= 11 is 0. The fraction of sp³-hybridized carbons (Fsp3) is 0.533. The Morgan fingerprint density at radius 3 is 2.80 bits per heavy atom. The van der Waals surface area contributed by atoms with Gasteiger partial charge in [-0.3, -0.25) is 9.59 Å². The number of rotatable bonds is 1. The fourth-order valence-corrected chi connectivity index (χ4v) is 2.57. The molecule has 0 radical (unpaired) electrons. The van der Waals surface area contributed by atoms with Gasteiger partial charge in [-0.2, -0.15) is 5.26 Å². The van der Waals surface area contributed by atoms with Crippen molar-refractivity contribution >= 4 is 5.91 Å². The lowest BCUT2D eigenvalue weighted by molar-refractivity contribution is 0.0627. The minimum absolute atomic E-state index is 0.181. The molecular formula is C15H19N3O2. The number of hydrogen-bond donors (Lipinski definition) is 0. The molecule has 1 atom stereocenters. The molecule has 0 spiro atoms. The van der Waals surface area contributed by atoms with Gasteiger partial charge in [0.05, 0.1) is 11.5 Å². The normalized spacial score (nSPS) is 22.4. The third-order valence-corrected chi connectivity index (χ3v) is 4.04. The van der Waals surface area contributed by atoms with Crippen molar-refractivity contribution in [1.29, 1.82) is 5.26 Å². The van der Waals surface area contributed by atoms with Crippen LogP contribution in [0.25, 0.3) is 0 Å². The van der Waals surface area contributed by atoms with Gasteiger partial charge in [-0.05, 0) is 38.8 Å². The highest BCUT2D eigenvalue weighted by atomic mass is 16.2. The third kappa shape index (κ3) is 2.46. The number of aromatic nitrogens is 1. The van der Waals surface area contributed by atoms with E-state index in [0.717, 1.165) is 18.5 Å². The van der Waals surface area contributed by atoms with Crippen LogP contribution in [-0.2, 0) is 7.05 Å². The molecule has 1 saturated heterocycles. The molecule has 1 aromatic heterocycles. The largest absolute Gasteiger partial charge is 0.337 e. The van der Waals surface area contributed by atoms with Crippen LogP contribution < -0.4 is 5.56 Å². The number of carbonyl (C=O) groups is 1. The van der Waals surface area contributed by atoms with E-state index in [0.29, 0.717) is 13.1 Å². The van der Waals surface area contributed by atoms with Crippen LogP contribution in [0.1, 0.15) is 35.8 Å². The maximum atomic E-state index is 12.5. The summed E-state index contributed by atoms with van der Waals surface area (Å²) in [6.07, 6.45) is 1.58. The van der Waals surface area contributed by atoms with Crippen molar-refractivity contribution in [2.45, 2.75) is 26.7 Å². The first-order valence-corrected chi connectivity index (χ1v) is 6.75. The molecule has 1 aliphatic rings. The van der Waals surface area contributed by atoms with E-state index in [-0.39, 0.29) is 17.0 Å². The predicted octanol–water partition coefficient (Wildman–Crippen LogP) is 1.46. The molecule has 1 aliphatic heterocycles. The van der Waals surface area contributed by atoms with Crippen molar-refractivity contribution in [2.24, 2.45) is 12.5 Å². The minimum Gasteiger partial charge on any atom is -0.337 e. The molecule has 0 N–H and O–H groups in total. The molecule has 106 valence electrons. The Kier molecular flexibility index (Phi) is 3.67. The van der Waals surface area contributed by atoms with Gasteiger partial charge in [-0.1, -0.05) is 0 Å². The van der Waals surface area contributed by atoms with Gasteiger partial charge < -0.3 is 9.47 Å². The summed E-state index contributed by atoms with van der Waals surface area (Å²) < 4.78 is 1.47. The number of carbonyl (C=O) groups excluding carboxylic acids is 1. The second kappa shape index (κ2) is 5.12. The number of hydrogen-bond acceptors (Lipinski definition) is 3. The Morgan fingerprint density at radius 1 is 1.45 bits per heavy atom. The maximum absolute atomic E-state index is 12.5. The molecule has 0 saturated carbocycles. The van der Waals surface area contributed by atoms with E-state index in [1.54, 1.807) is 24.1 Å². The molecule has 5 nitrogen and oxygen atoms in total. The highest BCUT2D eigenvalue weighted by molar-refractivity contribution is 5.94. The minimum atomic E-state index is -0.510. The molecule has 1 aromatic rings. The predicted molar refractivity (Wildman–Crippen MR) is 75.3 cm³/mol.